The molecule has 2 N–H and O–H groups in total. The summed E-state index contributed by atoms with van der Waals surface area (Å²) in [5, 5.41) is 3.32. The first-order chi connectivity index (χ1) is 11.8. The third-order valence-electron chi connectivity index (χ3n) is 3.80. The molecule has 2 aromatic rings. The van der Waals surface area contributed by atoms with Crippen LogP contribution in [0.1, 0.15) is 11.1 Å². The molecule has 3 rings (SSSR count). The number of amides is 1. The Bertz CT molecular complexity index is 928. The van der Waals surface area contributed by atoms with Gasteiger partial charge < -0.3 is 10.1 Å². The number of nitrogens with one attached hydrogen (secondary N) is 2. The standard InChI is InChI=1S/C17H17ClN2O4S/c1-11-8-13(2-4-15(11)18)24-7-6-19-25(22,23)14-3-5-16-12(9-14)10-17(21)20-16/h2-5,8-9,19H,6-7,10H2,1H3,(H,20,21). The van der Waals surface area contributed by atoms with E-state index in [1.165, 1.54) is 12.1 Å². The number of hydrogen-bond acceptors (Lipinski definition) is 4. The fraction of sp³-hybridized carbons (Fsp3) is 0.235. The highest BCUT2D eigenvalue weighted by atomic mass is 35.5. The SMILES string of the molecule is Cc1cc(OCCNS(=O)(=O)c2ccc3c(c2)CC(=O)N3)ccc1Cl. The number of aryl methyl sites for hydroxylation is 1. The Morgan fingerprint density at radius 3 is 2.80 bits per heavy atom. The maximum absolute atomic E-state index is 12.3. The molecule has 0 aromatic heterocycles. The number of benzene rings is 2. The van der Waals surface area contributed by atoms with Crippen LogP contribution < -0.4 is 14.8 Å². The fourth-order valence-corrected chi connectivity index (χ4v) is 3.69. The second-order valence-corrected chi connectivity index (χ2v) is 7.88. The van der Waals surface area contributed by atoms with E-state index in [9.17, 15) is 13.2 Å². The Morgan fingerprint density at radius 1 is 1.24 bits per heavy atom. The van der Waals surface area contributed by atoms with Crippen LogP contribution in [-0.4, -0.2) is 27.5 Å². The minimum absolute atomic E-state index is 0.123. The third kappa shape index (κ3) is 4.12. The van der Waals surface area contributed by atoms with E-state index < -0.39 is 10.0 Å². The van der Waals surface area contributed by atoms with Crippen molar-refractivity contribution in [1.82, 2.24) is 4.72 Å². The van der Waals surface area contributed by atoms with Gasteiger partial charge in [-0.25, -0.2) is 13.1 Å². The van der Waals surface area contributed by atoms with E-state index in [-0.39, 0.29) is 30.4 Å². The van der Waals surface area contributed by atoms with E-state index in [0.717, 1.165) is 5.56 Å². The van der Waals surface area contributed by atoms with Crippen LogP contribution in [0, 0.1) is 6.92 Å². The summed E-state index contributed by atoms with van der Waals surface area (Å²) < 4.78 is 32.7. The van der Waals surface area contributed by atoms with Gasteiger partial charge >= 0.3 is 0 Å². The van der Waals surface area contributed by atoms with Gasteiger partial charge in [0.1, 0.15) is 12.4 Å². The quantitative estimate of drug-likeness (QED) is 0.754. The van der Waals surface area contributed by atoms with Crippen molar-refractivity contribution in [3.63, 3.8) is 0 Å². The molecule has 25 heavy (non-hydrogen) atoms. The van der Waals surface area contributed by atoms with Crippen LogP contribution >= 0.6 is 11.6 Å². The average molecular weight is 381 g/mol. The first-order valence-corrected chi connectivity index (χ1v) is 9.53. The summed E-state index contributed by atoms with van der Waals surface area (Å²) in [4.78, 5) is 11.5. The van der Waals surface area contributed by atoms with Crippen molar-refractivity contribution in [1.29, 1.82) is 0 Å². The number of halogens is 1. The summed E-state index contributed by atoms with van der Waals surface area (Å²) in [6.45, 7) is 2.18. The largest absolute Gasteiger partial charge is 0.492 e. The number of carbonyl (C=O) groups is 1. The summed E-state index contributed by atoms with van der Waals surface area (Å²) in [5.74, 6) is 0.493. The lowest BCUT2D eigenvalue weighted by Gasteiger charge is -2.10. The molecule has 0 fully saturated rings. The molecule has 6 nitrogen and oxygen atoms in total. The van der Waals surface area contributed by atoms with E-state index >= 15 is 0 Å². The first-order valence-electron chi connectivity index (χ1n) is 7.66. The molecule has 1 amide bonds. The van der Waals surface area contributed by atoms with Crippen LogP contribution in [-0.2, 0) is 21.2 Å². The lowest BCUT2D eigenvalue weighted by molar-refractivity contribution is -0.115. The molecule has 132 valence electrons. The van der Waals surface area contributed by atoms with Gasteiger partial charge in [0.2, 0.25) is 15.9 Å². The highest BCUT2D eigenvalue weighted by Gasteiger charge is 2.21. The zero-order valence-electron chi connectivity index (χ0n) is 13.5. The van der Waals surface area contributed by atoms with E-state index in [4.69, 9.17) is 16.3 Å². The van der Waals surface area contributed by atoms with Crippen molar-refractivity contribution in [3.8, 4) is 5.75 Å². The van der Waals surface area contributed by atoms with Crippen LogP contribution in [0.5, 0.6) is 5.75 Å². The van der Waals surface area contributed by atoms with Crippen molar-refractivity contribution in [3.05, 3.63) is 52.5 Å². The summed E-state index contributed by atoms with van der Waals surface area (Å²) in [6.07, 6.45) is 0.192. The highest BCUT2D eigenvalue weighted by molar-refractivity contribution is 7.89. The summed E-state index contributed by atoms with van der Waals surface area (Å²) in [5.41, 5.74) is 2.23. The molecule has 0 bridgehead atoms. The molecule has 2 aromatic carbocycles. The Labute approximate surface area is 151 Å². The van der Waals surface area contributed by atoms with Crippen LogP contribution in [0.25, 0.3) is 0 Å². The Balaban J connectivity index is 1.58. The Kier molecular flexibility index (Phi) is 4.99. The second-order valence-electron chi connectivity index (χ2n) is 5.70. The zero-order chi connectivity index (χ0) is 18.0. The molecule has 1 aliphatic rings. The van der Waals surface area contributed by atoms with Gasteiger partial charge in [0.05, 0.1) is 11.3 Å². The molecule has 0 radical (unpaired) electrons. The molecule has 0 aliphatic carbocycles. The predicted molar refractivity (Wildman–Crippen MR) is 95.6 cm³/mol. The minimum atomic E-state index is -3.66. The fourth-order valence-electron chi connectivity index (χ4n) is 2.51. The second kappa shape index (κ2) is 7.03. The van der Waals surface area contributed by atoms with E-state index in [1.54, 1.807) is 24.3 Å². The van der Waals surface area contributed by atoms with Crippen LogP contribution in [0.3, 0.4) is 0 Å². The van der Waals surface area contributed by atoms with Gasteiger partial charge in [0.25, 0.3) is 0 Å². The molecular weight excluding hydrogens is 364 g/mol. The number of carbonyl (C=O) groups excluding carboxylic acids is 1. The first kappa shape index (κ1) is 17.7. The summed E-state index contributed by atoms with van der Waals surface area (Å²) in [7, 11) is -3.66. The van der Waals surface area contributed by atoms with Gasteiger partial charge in [-0.2, -0.15) is 0 Å². The van der Waals surface area contributed by atoms with Crippen molar-refractivity contribution >= 4 is 33.2 Å². The highest BCUT2D eigenvalue weighted by Crippen LogP contribution is 2.25. The molecule has 0 saturated carbocycles. The van der Waals surface area contributed by atoms with E-state index in [1.807, 2.05) is 6.92 Å². The van der Waals surface area contributed by atoms with Crippen LogP contribution in [0.2, 0.25) is 5.02 Å². The Morgan fingerprint density at radius 2 is 2.04 bits per heavy atom. The third-order valence-corrected chi connectivity index (χ3v) is 5.69. The molecule has 8 heteroatoms. The molecule has 0 saturated heterocycles. The van der Waals surface area contributed by atoms with Gasteiger partial charge in [-0.3, -0.25) is 4.79 Å². The molecule has 1 aliphatic heterocycles. The lowest BCUT2D eigenvalue weighted by atomic mass is 10.2. The minimum Gasteiger partial charge on any atom is -0.492 e. The normalized spacial score (nSPS) is 13.4. The number of ether oxygens (including phenoxy) is 1. The summed E-state index contributed by atoms with van der Waals surface area (Å²) >= 11 is 5.95. The van der Waals surface area contributed by atoms with Gasteiger partial charge in [-0.1, -0.05) is 11.6 Å². The number of rotatable bonds is 6. The van der Waals surface area contributed by atoms with Gasteiger partial charge in [0, 0.05) is 17.3 Å². The average Bonchev–Trinajstić information content (AvgIpc) is 2.94. The molecule has 0 unspecified atom stereocenters. The molecular formula is C17H17ClN2O4S. The number of hydrogen-bond donors (Lipinski definition) is 2. The number of anilines is 1. The molecule has 1 heterocycles. The monoisotopic (exact) mass is 380 g/mol. The number of sulfonamides is 1. The number of fused-ring (bicyclic) bond motifs is 1. The molecule has 0 atom stereocenters. The van der Waals surface area contributed by atoms with E-state index in [0.29, 0.717) is 22.0 Å². The van der Waals surface area contributed by atoms with Gasteiger partial charge in [0.15, 0.2) is 0 Å². The Hall–Kier alpha value is -2.09. The predicted octanol–water partition coefficient (Wildman–Crippen LogP) is 2.50. The maximum Gasteiger partial charge on any atom is 0.240 e. The maximum atomic E-state index is 12.3. The van der Waals surface area contributed by atoms with Crippen molar-refractivity contribution in [2.75, 3.05) is 18.5 Å². The van der Waals surface area contributed by atoms with Gasteiger partial charge in [-0.05, 0) is 54.4 Å². The van der Waals surface area contributed by atoms with Gasteiger partial charge in [-0.15, -0.1) is 0 Å². The van der Waals surface area contributed by atoms with Crippen molar-refractivity contribution in [2.24, 2.45) is 0 Å². The topological polar surface area (TPSA) is 84.5 Å². The van der Waals surface area contributed by atoms with E-state index in [2.05, 4.69) is 10.0 Å². The van der Waals surface area contributed by atoms with Crippen LogP contribution in [0.15, 0.2) is 41.3 Å². The van der Waals surface area contributed by atoms with Crippen LogP contribution in [0.4, 0.5) is 5.69 Å². The molecule has 0 spiro atoms. The lowest BCUT2D eigenvalue weighted by Crippen LogP contribution is -2.28. The zero-order valence-corrected chi connectivity index (χ0v) is 15.1. The smallest absolute Gasteiger partial charge is 0.240 e. The van der Waals surface area contributed by atoms with Crippen molar-refractivity contribution in [2.45, 2.75) is 18.2 Å². The summed E-state index contributed by atoms with van der Waals surface area (Å²) in [6, 6.07) is 9.84. The van der Waals surface area contributed by atoms with Crippen molar-refractivity contribution < 1.29 is 17.9 Å².